The smallest absolute Gasteiger partial charge is 0.227 e. The van der Waals surface area contributed by atoms with Crippen molar-refractivity contribution < 1.29 is 4.79 Å². The highest BCUT2D eigenvalue weighted by Gasteiger charge is 2.15. The van der Waals surface area contributed by atoms with Gasteiger partial charge in [-0.2, -0.15) is 0 Å². The summed E-state index contributed by atoms with van der Waals surface area (Å²) in [4.78, 5) is 16.9. The summed E-state index contributed by atoms with van der Waals surface area (Å²) < 4.78 is 3.19. The number of thioether (sulfide) groups is 1. The van der Waals surface area contributed by atoms with Crippen LogP contribution in [0.5, 0.6) is 0 Å². The molecule has 0 amide bonds. The van der Waals surface area contributed by atoms with Crippen LogP contribution < -0.4 is 0 Å². The third-order valence-electron chi connectivity index (χ3n) is 3.20. The zero-order chi connectivity index (χ0) is 14.8. The Kier molecular flexibility index (Phi) is 4.30. The number of hydrogen-bond acceptors (Lipinski definition) is 3. The summed E-state index contributed by atoms with van der Waals surface area (Å²) in [5, 5.41) is 0.777. The van der Waals surface area contributed by atoms with Gasteiger partial charge in [0.15, 0.2) is 5.16 Å². The average molecular weight is 408 g/mol. The fraction of sp³-hybridized carbons (Fsp3) is 0.125. The number of aromatic nitrogens is 2. The number of benzene rings is 2. The number of nitrogens with zero attached hydrogens (tertiary/aromatic N) is 2. The van der Waals surface area contributed by atoms with Crippen molar-refractivity contribution in [2.24, 2.45) is 0 Å². The molecule has 21 heavy (non-hydrogen) atoms. The van der Waals surface area contributed by atoms with Gasteiger partial charge in [-0.25, -0.2) is 4.98 Å². The molecular formula is C16H13IN2OS. The molecule has 2 aromatic carbocycles. The Labute approximate surface area is 140 Å². The molecular weight excluding hydrogens is 395 g/mol. The zero-order valence-corrected chi connectivity index (χ0v) is 14.4. The van der Waals surface area contributed by atoms with Gasteiger partial charge in [-0.05, 0) is 77.7 Å². The number of imidazole rings is 1. The van der Waals surface area contributed by atoms with Crippen LogP contribution in [-0.4, -0.2) is 14.7 Å². The van der Waals surface area contributed by atoms with E-state index in [0.717, 1.165) is 26.3 Å². The minimum Gasteiger partial charge on any atom is -0.319 e. The van der Waals surface area contributed by atoms with Crippen LogP contribution in [0.4, 0.5) is 0 Å². The van der Waals surface area contributed by atoms with Gasteiger partial charge in [0.2, 0.25) is 5.12 Å². The Morgan fingerprint density at radius 2 is 1.90 bits per heavy atom. The number of carbonyl (C=O) groups excluding carboxylic acids is 1. The summed E-state index contributed by atoms with van der Waals surface area (Å²) >= 11 is 3.42. The lowest BCUT2D eigenvalue weighted by atomic mass is 10.2. The largest absolute Gasteiger partial charge is 0.319 e. The monoisotopic (exact) mass is 408 g/mol. The van der Waals surface area contributed by atoms with Crippen molar-refractivity contribution in [1.29, 1.82) is 0 Å². The van der Waals surface area contributed by atoms with E-state index in [4.69, 9.17) is 0 Å². The van der Waals surface area contributed by atoms with E-state index in [1.807, 2.05) is 48.5 Å². The van der Waals surface area contributed by atoms with Crippen molar-refractivity contribution in [3.8, 4) is 0 Å². The fourth-order valence-electron chi connectivity index (χ4n) is 2.16. The van der Waals surface area contributed by atoms with E-state index >= 15 is 0 Å². The highest BCUT2D eigenvalue weighted by Crippen LogP contribution is 2.26. The molecule has 3 aromatic rings. The quantitative estimate of drug-likeness (QED) is 0.470. The first-order chi connectivity index (χ1) is 10.2. The van der Waals surface area contributed by atoms with Gasteiger partial charge in [-0.15, -0.1) is 0 Å². The molecule has 0 aliphatic heterocycles. The summed E-state index contributed by atoms with van der Waals surface area (Å²) in [6.45, 7) is 2.86. The first kappa shape index (κ1) is 14.6. The van der Waals surface area contributed by atoms with Crippen LogP contribution >= 0.6 is 34.4 Å². The minimum atomic E-state index is 0.0245. The Morgan fingerprint density at radius 3 is 2.62 bits per heavy atom. The molecule has 1 heterocycles. The summed E-state index contributed by atoms with van der Waals surface area (Å²) in [5.74, 6) is 0. The van der Waals surface area contributed by atoms with Crippen LogP contribution in [-0.2, 0) is 6.54 Å². The predicted octanol–water partition coefficient (Wildman–Crippen LogP) is 4.59. The van der Waals surface area contributed by atoms with Crippen LogP contribution in [0.15, 0.2) is 53.7 Å². The van der Waals surface area contributed by atoms with Crippen molar-refractivity contribution in [1.82, 2.24) is 9.55 Å². The van der Waals surface area contributed by atoms with Gasteiger partial charge < -0.3 is 4.57 Å². The van der Waals surface area contributed by atoms with Gasteiger partial charge in [0.1, 0.15) is 0 Å². The van der Waals surface area contributed by atoms with Crippen molar-refractivity contribution in [2.45, 2.75) is 18.6 Å². The molecule has 0 radical (unpaired) electrons. The van der Waals surface area contributed by atoms with Gasteiger partial charge in [-0.1, -0.05) is 12.1 Å². The molecule has 0 saturated carbocycles. The van der Waals surface area contributed by atoms with Crippen LogP contribution in [0, 0.1) is 3.57 Å². The van der Waals surface area contributed by atoms with Gasteiger partial charge in [0.25, 0.3) is 0 Å². The average Bonchev–Trinajstić information content (AvgIpc) is 2.84. The number of fused-ring (bicyclic) bond motifs is 1. The molecule has 0 unspecified atom stereocenters. The molecule has 5 heteroatoms. The van der Waals surface area contributed by atoms with Crippen LogP contribution in [0.2, 0.25) is 0 Å². The van der Waals surface area contributed by atoms with Crippen molar-refractivity contribution in [3.63, 3.8) is 0 Å². The van der Waals surface area contributed by atoms with E-state index in [1.165, 1.54) is 11.8 Å². The zero-order valence-electron chi connectivity index (χ0n) is 11.4. The normalized spacial score (nSPS) is 11.0. The molecule has 3 rings (SSSR count). The number of halogens is 1. The van der Waals surface area contributed by atoms with E-state index in [9.17, 15) is 4.79 Å². The van der Waals surface area contributed by atoms with E-state index in [2.05, 4.69) is 39.1 Å². The third-order valence-corrected chi connectivity index (χ3v) is 4.83. The van der Waals surface area contributed by atoms with Crippen molar-refractivity contribution in [2.75, 3.05) is 0 Å². The third kappa shape index (κ3) is 2.98. The maximum Gasteiger partial charge on any atom is 0.227 e. The number of rotatable bonds is 3. The first-order valence-corrected chi connectivity index (χ1v) is 8.51. The lowest BCUT2D eigenvalue weighted by Crippen LogP contribution is -2.00. The maximum absolute atomic E-state index is 12.4. The molecule has 1 aromatic heterocycles. The Hall–Kier alpha value is -1.34. The molecule has 0 aliphatic rings. The van der Waals surface area contributed by atoms with Gasteiger partial charge >= 0.3 is 0 Å². The Bertz CT molecular complexity index is 796. The van der Waals surface area contributed by atoms with E-state index in [-0.39, 0.29) is 5.12 Å². The minimum absolute atomic E-state index is 0.0245. The molecule has 106 valence electrons. The van der Waals surface area contributed by atoms with Crippen molar-refractivity contribution >= 4 is 50.5 Å². The van der Waals surface area contributed by atoms with Crippen LogP contribution in [0.3, 0.4) is 0 Å². The molecule has 0 N–H and O–H groups in total. The highest BCUT2D eigenvalue weighted by atomic mass is 127. The highest BCUT2D eigenvalue weighted by molar-refractivity contribution is 14.1. The molecule has 0 saturated heterocycles. The molecule has 0 fully saturated rings. The Morgan fingerprint density at radius 1 is 1.19 bits per heavy atom. The summed E-state index contributed by atoms with van der Waals surface area (Å²) in [6, 6.07) is 15.6. The lowest BCUT2D eigenvalue weighted by molar-refractivity contribution is 0.108. The van der Waals surface area contributed by atoms with E-state index in [0.29, 0.717) is 5.56 Å². The van der Waals surface area contributed by atoms with E-state index in [1.54, 1.807) is 0 Å². The molecule has 3 nitrogen and oxygen atoms in total. The second-order valence-electron chi connectivity index (χ2n) is 4.52. The van der Waals surface area contributed by atoms with Gasteiger partial charge in [-0.3, -0.25) is 4.79 Å². The lowest BCUT2D eigenvalue weighted by Gasteiger charge is -2.05. The van der Waals surface area contributed by atoms with Gasteiger partial charge in [0, 0.05) is 15.7 Å². The molecule has 0 aliphatic carbocycles. The topological polar surface area (TPSA) is 34.9 Å². The summed E-state index contributed by atoms with van der Waals surface area (Å²) in [6.07, 6.45) is 0. The number of hydrogen-bond donors (Lipinski definition) is 0. The summed E-state index contributed by atoms with van der Waals surface area (Å²) in [7, 11) is 0. The Balaban J connectivity index is 1.94. The number of aryl methyl sites for hydroxylation is 1. The number of carbonyl (C=O) groups is 1. The van der Waals surface area contributed by atoms with E-state index < -0.39 is 0 Å². The SMILES string of the molecule is CCn1c(SC(=O)c2ccc(I)cc2)nc2ccccc21. The maximum atomic E-state index is 12.4. The van der Waals surface area contributed by atoms with Crippen LogP contribution in [0.1, 0.15) is 17.3 Å². The molecule has 0 bridgehead atoms. The second-order valence-corrected chi connectivity index (χ2v) is 6.71. The number of para-hydroxylation sites is 2. The summed E-state index contributed by atoms with van der Waals surface area (Å²) in [5.41, 5.74) is 2.70. The molecule has 0 spiro atoms. The van der Waals surface area contributed by atoms with Crippen LogP contribution in [0.25, 0.3) is 11.0 Å². The van der Waals surface area contributed by atoms with Gasteiger partial charge in [0.05, 0.1) is 11.0 Å². The second kappa shape index (κ2) is 6.19. The first-order valence-electron chi connectivity index (χ1n) is 6.62. The van der Waals surface area contributed by atoms with Crippen molar-refractivity contribution in [3.05, 3.63) is 57.7 Å². The standard InChI is InChI=1S/C16H13IN2OS/c1-2-19-14-6-4-3-5-13(14)18-16(19)21-15(20)11-7-9-12(17)10-8-11/h3-10H,2H2,1H3. The molecule has 0 atom stereocenters. The fourth-order valence-corrected chi connectivity index (χ4v) is 3.43. The predicted molar refractivity (Wildman–Crippen MR) is 94.8 cm³/mol.